The molecule has 1 N–H and O–H groups in total. The third kappa shape index (κ3) is 2.33. The Morgan fingerprint density at radius 1 is 1.41 bits per heavy atom. The highest BCUT2D eigenvalue weighted by Gasteiger charge is 2.25. The summed E-state index contributed by atoms with van der Waals surface area (Å²) in [4.78, 5) is 15.3. The van der Waals surface area contributed by atoms with Crippen LogP contribution in [0.2, 0.25) is 0 Å². The Kier molecular flexibility index (Phi) is 3.74. The van der Waals surface area contributed by atoms with E-state index in [2.05, 4.69) is 31.3 Å². The van der Waals surface area contributed by atoms with Crippen molar-refractivity contribution in [2.75, 3.05) is 30.8 Å². The van der Waals surface area contributed by atoms with Crippen LogP contribution in [0.5, 0.6) is 0 Å². The molecule has 3 nitrogen and oxygen atoms in total. The molecule has 0 unspecified atom stereocenters. The average molecular weight is 250 g/mol. The van der Waals surface area contributed by atoms with Crippen LogP contribution in [0, 0.1) is 13.8 Å². The van der Waals surface area contributed by atoms with Gasteiger partial charge in [0.25, 0.3) is 0 Å². The topological polar surface area (TPSA) is 32.3 Å². The maximum Gasteiger partial charge on any atom is 0.240 e. The van der Waals surface area contributed by atoms with E-state index in [-0.39, 0.29) is 5.91 Å². The maximum absolute atomic E-state index is 12.1. The second-order valence-electron chi connectivity index (χ2n) is 4.30. The number of carbonyl (C=O) groups is 1. The van der Waals surface area contributed by atoms with Crippen molar-refractivity contribution in [2.45, 2.75) is 18.7 Å². The highest BCUT2D eigenvalue weighted by Crippen LogP contribution is 2.39. The molecule has 0 atom stereocenters. The van der Waals surface area contributed by atoms with Crippen LogP contribution >= 0.6 is 11.8 Å². The number of hydrogen-bond acceptors (Lipinski definition) is 3. The minimum absolute atomic E-state index is 0.155. The number of nitrogens with zero attached hydrogens (tertiary/aromatic N) is 1. The number of amides is 1. The summed E-state index contributed by atoms with van der Waals surface area (Å²) in [5, 5.41) is 2.93. The van der Waals surface area contributed by atoms with E-state index < -0.39 is 0 Å². The number of anilines is 1. The van der Waals surface area contributed by atoms with Gasteiger partial charge in [-0.1, -0.05) is 12.1 Å². The Labute approximate surface area is 107 Å². The highest BCUT2D eigenvalue weighted by molar-refractivity contribution is 7.99. The number of nitrogens with one attached hydrogen (secondary N) is 1. The maximum atomic E-state index is 12.1. The zero-order chi connectivity index (χ0) is 12.4. The van der Waals surface area contributed by atoms with Crippen molar-refractivity contribution in [1.82, 2.24) is 5.32 Å². The van der Waals surface area contributed by atoms with Crippen molar-refractivity contribution in [2.24, 2.45) is 0 Å². The molecule has 1 aromatic rings. The van der Waals surface area contributed by atoms with Crippen LogP contribution in [-0.2, 0) is 4.79 Å². The van der Waals surface area contributed by atoms with E-state index >= 15 is 0 Å². The number of benzene rings is 1. The average Bonchev–Trinajstić information content (AvgIpc) is 2.34. The van der Waals surface area contributed by atoms with Gasteiger partial charge in [-0.3, -0.25) is 4.79 Å². The summed E-state index contributed by atoms with van der Waals surface area (Å²) in [6, 6.07) is 4.23. The van der Waals surface area contributed by atoms with Gasteiger partial charge >= 0.3 is 0 Å². The molecule has 1 amide bonds. The lowest BCUT2D eigenvalue weighted by molar-refractivity contribution is -0.117. The molecule has 0 saturated carbocycles. The minimum atomic E-state index is 0.155. The Morgan fingerprint density at radius 2 is 2.12 bits per heavy atom. The third-order valence-corrected chi connectivity index (χ3v) is 4.18. The molecule has 0 fully saturated rings. The summed E-state index contributed by atoms with van der Waals surface area (Å²) in [6.45, 7) is 5.39. The molecule has 1 aliphatic heterocycles. The molecule has 92 valence electrons. The van der Waals surface area contributed by atoms with Gasteiger partial charge in [-0.15, -0.1) is 11.8 Å². The fourth-order valence-electron chi connectivity index (χ4n) is 2.13. The zero-order valence-electron chi connectivity index (χ0n) is 10.5. The predicted octanol–water partition coefficient (Wildman–Crippen LogP) is 1.96. The SMILES string of the molecule is CNCC(=O)N1CCSc2c(C)ccc(C)c21. The molecule has 4 heteroatoms. The van der Waals surface area contributed by atoms with E-state index in [0.29, 0.717) is 6.54 Å². The molecular formula is C13H18N2OS. The first-order chi connectivity index (χ1) is 8.15. The second-order valence-corrected chi connectivity index (χ2v) is 5.41. The monoisotopic (exact) mass is 250 g/mol. The first-order valence-corrected chi connectivity index (χ1v) is 6.81. The van der Waals surface area contributed by atoms with Crippen LogP contribution in [0.4, 0.5) is 5.69 Å². The zero-order valence-corrected chi connectivity index (χ0v) is 11.4. The van der Waals surface area contributed by atoms with Gasteiger partial charge in [0.05, 0.1) is 12.2 Å². The first kappa shape index (κ1) is 12.5. The van der Waals surface area contributed by atoms with Crippen molar-refractivity contribution < 1.29 is 4.79 Å². The van der Waals surface area contributed by atoms with Gasteiger partial charge in [-0.2, -0.15) is 0 Å². The highest BCUT2D eigenvalue weighted by atomic mass is 32.2. The van der Waals surface area contributed by atoms with Gasteiger partial charge in [0.15, 0.2) is 0 Å². The molecule has 17 heavy (non-hydrogen) atoms. The van der Waals surface area contributed by atoms with Gasteiger partial charge in [0.1, 0.15) is 0 Å². The third-order valence-electron chi connectivity index (χ3n) is 2.99. The molecule has 0 aromatic heterocycles. The number of carbonyl (C=O) groups excluding carboxylic acids is 1. The predicted molar refractivity (Wildman–Crippen MR) is 72.9 cm³/mol. The van der Waals surface area contributed by atoms with Crippen LogP contribution in [0.1, 0.15) is 11.1 Å². The standard InChI is InChI=1S/C13H18N2OS/c1-9-4-5-10(2)13-12(9)15(6-7-17-13)11(16)8-14-3/h4-5,14H,6-8H2,1-3H3. The first-order valence-electron chi connectivity index (χ1n) is 5.83. The van der Waals surface area contributed by atoms with E-state index in [1.54, 1.807) is 7.05 Å². The van der Waals surface area contributed by atoms with Crippen molar-refractivity contribution in [3.63, 3.8) is 0 Å². The summed E-state index contributed by atoms with van der Waals surface area (Å²) in [6.07, 6.45) is 0. The summed E-state index contributed by atoms with van der Waals surface area (Å²) < 4.78 is 0. The quantitative estimate of drug-likeness (QED) is 0.871. The fraction of sp³-hybridized carbons (Fsp3) is 0.462. The van der Waals surface area contributed by atoms with Crippen LogP contribution in [0.25, 0.3) is 0 Å². The number of fused-ring (bicyclic) bond motifs is 1. The van der Waals surface area contributed by atoms with Gasteiger partial charge in [-0.05, 0) is 32.0 Å². The van der Waals surface area contributed by atoms with Crippen LogP contribution < -0.4 is 10.2 Å². The van der Waals surface area contributed by atoms with Crippen molar-refractivity contribution in [1.29, 1.82) is 0 Å². The van der Waals surface area contributed by atoms with Crippen molar-refractivity contribution >= 4 is 23.4 Å². The summed E-state index contributed by atoms with van der Waals surface area (Å²) in [7, 11) is 1.81. The van der Waals surface area contributed by atoms with Crippen LogP contribution in [0.3, 0.4) is 0 Å². The van der Waals surface area contributed by atoms with Gasteiger partial charge < -0.3 is 10.2 Å². The fourth-order valence-corrected chi connectivity index (χ4v) is 3.32. The molecule has 0 radical (unpaired) electrons. The van der Waals surface area contributed by atoms with Crippen molar-refractivity contribution in [3.05, 3.63) is 23.3 Å². The second kappa shape index (κ2) is 5.10. The van der Waals surface area contributed by atoms with Crippen LogP contribution in [-0.4, -0.2) is 31.8 Å². The molecule has 1 aliphatic rings. The summed E-state index contributed by atoms with van der Waals surface area (Å²) >= 11 is 1.85. The lowest BCUT2D eigenvalue weighted by Crippen LogP contribution is -2.41. The lowest BCUT2D eigenvalue weighted by Gasteiger charge is -2.31. The normalized spacial score (nSPS) is 14.6. The number of aryl methyl sites for hydroxylation is 2. The minimum Gasteiger partial charge on any atom is -0.311 e. The lowest BCUT2D eigenvalue weighted by atomic mass is 10.1. The summed E-state index contributed by atoms with van der Waals surface area (Å²) in [5.41, 5.74) is 3.56. The Morgan fingerprint density at radius 3 is 2.82 bits per heavy atom. The van der Waals surface area contributed by atoms with E-state index in [1.807, 2.05) is 16.7 Å². The van der Waals surface area contributed by atoms with Gasteiger partial charge in [0.2, 0.25) is 5.91 Å². The smallest absolute Gasteiger partial charge is 0.240 e. The molecule has 0 spiro atoms. The molecule has 0 saturated heterocycles. The van der Waals surface area contributed by atoms with Gasteiger partial charge in [-0.25, -0.2) is 0 Å². The number of thioether (sulfide) groups is 1. The van der Waals surface area contributed by atoms with E-state index in [9.17, 15) is 4.79 Å². The molecule has 1 aromatic carbocycles. The molecule has 2 rings (SSSR count). The number of hydrogen-bond donors (Lipinski definition) is 1. The Hall–Kier alpha value is -1.00. The summed E-state index contributed by atoms with van der Waals surface area (Å²) in [5.74, 6) is 1.13. The van der Waals surface area contributed by atoms with E-state index in [4.69, 9.17) is 0 Å². The van der Waals surface area contributed by atoms with E-state index in [0.717, 1.165) is 18.0 Å². The number of likely N-dealkylation sites (N-methyl/N-ethyl adjacent to an activating group) is 1. The van der Waals surface area contributed by atoms with Crippen molar-refractivity contribution in [3.8, 4) is 0 Å². The van der Waals surface area contributed by atoms with Gasteiger partial charge in [0, 0.05) is 17.2 Å². The number of rotatable bonds is 2. The molecule has 0 bridgehead atoms. The molecular weight excluding hydrogens is 232 g/mol. The largest absolute Gasteiger partial charge is 0.311 e. The van der Waals surface area contributed by atoms with Crippen LogP contribution in [0.15, 0.2) is 17.0 Å². The Bertz CT molecular complexity index is 445. The molecule has 0 aliphatic carbocycles. The molecule has 1 heterocycles. The Balaban J connectivity index is 2.43. The van der Waals surface area contributed by atoms with E-state index in [1.165, 1.54) is 16.0 Å².